The molecular formula is C7H5ClF3NO2. The molecule has 0 spiro atoms. The van der Waals surface area contributed by atoms with Crippen molar-refractivity contribution in [3.05, 3.63) is 17.2 Å². The fraction of sp³-hybridized carbons (Fsp3) is 0.143. The molecule has 0 aromatic heterocycles. The van der Waals surface area contributed by atoms with Crippen LogP contribution in [0.2, 0.25) is 5.02 Å². The van der Waals surface area contributed by atoms with Crippen molar-refractivity contribution in [1.82, 2.24) is 0 Å². The van der Waals surface area contributed by atoms with E-state index in [1.165, 1.54) is 0 Å². The molecule has 0 aliphatic rings. The molecule has 0 aliphatic heterocycles. The van der Waals surface area contributed by atoms with Crippen LogP contribution in [-0.2, 0) is 0 Å². The maximum Gasteiger partial charge on any atom is 0.573 e. The van der Waals surface area contributed by atoms with Crippen LogP contribution in [0.1, 0.15) is 0 Å². The Morgan fingerprint density at radius 3 is 2.36 bits per heavy atom. The van der Waals surface area contributed by atoms with E-state index in [4.69, 9.17) is 22.4 Å². The zero-order valence-corrected chi connectivity index (χ0v) is 7.36. The summed E-state index contributed by atoms with van der Waals surface area (Å²) in [6.07, 6.45) is -4.87. The predicted octanol–water partition coefficient (Wildman–Crippen LogP) is 2.53. The maximum atomic E-state index is 11.8. The van der Waals surface area contributed by atoms with Crippen molar-refractivity contribution in [2.45, 2.75) is 6.36 Å². The largest absolute Gasteiger partial charge is 0.573 e. The molecule has 3 N–H and O–H groups in total. The standard InChI is InChI=1S/C7H5ClF3NO2/c8-4-1-3(13)2-5(12)6(4)14-7(9,10)11/h1-2,13H,12H2. The van der Waals surface area contributed by atoms with E-state index >= 15 is 0 Å². The zero-order valence-electron chi connectivity index (χ0n) is 6.60. The van der Waals surface area contributed by atoms with Gasteiger partial charge in [0.25, 0.3) is 0 Å². The topological polar surface area (TPSA) is 55.5 Å². The number of ether oxygens (including phenoxy) is 1. The van der Waals surface area contributed by atoms with Crippen LogP contribution in [0.5, 0.6) is 11.5 Å². The van der Waals surface area contributed by atoms with E-state index in [9.17, 15) is 13.2 Å². The summed E-state index contributed by atoms with van der Waals surface area (Å²) in [5.41, 5.74) is 4.78. The van der Waals surface area contributed by atoms with Crippen molar-refractivity contribution in [2.75, 3.05) is 5.73 Å². The highest BCUT2D eigenvalue weighted by Gasteiger charge is 2.33. The minimum absolute atomic E-state index is 0.331. The van der Waals surface area contributed by atoms with Gasteiger partial charge in [-0.3, -0.25) is 0 Å². The van der Waals surface area contributed by atoms with Crippen molar-refractivity contribution in [1.29, 1.82) is 0 Å². The van der Waals surface area contributed by atoms with Gasteiger partial charge < -0.3 is 15.6 Å². The van der Waals surface area contributed by atoms with Gasteiger partial charge in [0.1, 0.15) is 5.75 Å². The molecule has 7 heteroatoms. The van der Waals surface area contributed by atoms with Gasteiger partial charge in [0.2, 0.25) is 0 Å². The summed E-state index contributed by atoms with van der Waals surface area (Å²) in [6.45, 7) is 0. The van der Waals surface area contributed by atoms with Crippen LogP contribution in [0.25, 0.3) is 0 Å². The molecule has 0 aliphatic carbocycles. The second-order valence-electron chi connectivity index (χ2n) is 2.39. The van der Waals surface area contributed by atoms with Crippen LogP contribution < -0.4 is 10.5 Å². The lowest BCUT2D eigenvalue weighted by atomic mass is 10.3. The Bertz CT molecular complexity index is 330. The third-order valence-corrected chi connectivity index (χ3v) is 1.56. The highest BCUT2D eigenvalue weighted by atomic mass is 35.5. The van der Waals surface area contributed by atoms with E-state index in [1.807, 2.05) is 0 Å². The first-order valence-corrected chi connectivity index (χ1v) is 3.71. The summed E-state index contributed by atoms with van der Waals surface area (Å²) >= 11 is 5.38. The molecule has 1 rings (SSSR count). The number of phenols is 1. The Kier molecular flexibility index (Phi) is 2.66. The van der Waals surface area contributed by atoms with Gasteiger partial charge in [-0.05, 0) is 0 Å². The summed E-state index contributed by atoms with van der Waals surface area (Å²) < 4.78 is 39.0. The smallest absolute Gasteiger partial charge is 0.508 e. The molecule has 0 unspecified atom stereocenters. The average molecular weight is 228 g/mol. The van der Waals surface area contributed by atoms with Crippen LogP contribution in [0, 0.1) is 0 Å². The molecule has 0 saturated heterocycles. The maximum absolute atomic E-state index is 11.8. The SMILES string of the molecule is Nc1cc(O)cc(Cl)c1OC(F)(F)F. The first-order valence-electron chi connectivity index (χ1n) is 3.33. The summed E-state index contributed by atoms with van der Waals surface area (Å²) in [5, 5.41) is 8.51. The average Bonchev–Trinajstić information content (AvgIpc) is 1.95. The van der Waals surface area contributed by atoms with Gasteiger partial charge in [0, 0.05) is 12.1 Å². The third kappa shape index (κ3) is 2.59. The Labute approximate surface area is 81.8 Å². The van der Waals surface area contributed by atoms with E-state index in [-0.39, 0.29) is 11.4 Å². The third-order valence-electron chi connectivity index (χ3n) is 1.27. The van der Waals surface area contributed by atoms with E-state index < -0.39 is 17.1 Å². The van der Waals surface area contributed by atoms with Gasteiger partial charge in [-0.2, -0.15) is 0 Å². The number of halogens is 4. The number of benzene rings is 1. The number of anilines is 1. The molecule has 0 radical (unpaired) electrons. The molecule has 3 nitrogen and oxygen atoms in total. The van der Waals surface area contributed by atoms with Gasteiger partial charge >= 0.3 is 6.36 Å². The molecule has 1 aromatic rings. The summed E-state index contributed by atoms with van der Waals surface area (Å²) in [5.74, 6) is -1.04. The van der Waals surface area contributed by atoms with Crippen molar-refractivity contribution in [2.24, 2.45) is 0 Å². The molecule has 1 aromatic carbocycles. The molecule has 0 bridgehead atoms. The Hall–Kier alpha value is -1.30. The number of nitrogen functional groups attached to an aromatic ring is 1. The molecular weight excluding hydrogens is 223 g/mol. The number of hydrogen-bond donors (Lipinski definition) is 2. The Morgan fingerprint density at radius 1 is 1.36 bits per heavy atom. The first kappa shape index (κ1) is 10.8. The number of rotatable bonds is 1. The molecule has 0 saturated carbocycles. The molecule has 0 heterocycles. The van der Waals surface area contributed by atoms with Crippen molar-refractivity contribution >= 4 is 17.3 Å². The lowest BCUT2D eigenvalue weighted by Crippen LogP contribution is -2.18. The lowest BCUT2D eigenvalue weighted by molar-refractivity contribution is -0.274. The highest BCUT2D eigenvalue weighted by Crippen LogP contribution is 2.37. The molecule has 0 atom stereocenters. The molecule has 14 heavy (non-hydrogen) atoms. The quantitative estimate of drug-likeness (QED) is 0.725. The van der Waals surface area contributed by atoms with Crippen LogP contribution in [0.15, 0.2) is 12.1 Å². The summed E-state index contributed by atoms with van der Waals surface area (Å²) in [4.78, 5) is 0. The minimum atomic E-state index is -4.87. The van der Waals surface area contributed by atoms with Gasteiger partial charge in [-0.25, -0.2) is 0 Å². The summed E-state index contributed by atoms with van der Waals surface area (Å²) in [7, 11) is 0. The van der Waals surface area contributed by atoms with Crippen molar-refractivity contribution in [3.63, 3.8) is 0 Å². The number of alkyl halides is 3. The van der Waals surface area contributed by atoms with Crippen molar-refractivity contribution < 1.29 is 23.0 Å². The van der Waals surface area contributed by atoms with Gasteiger partial charge in [-0.1, -0.05) is 11.6 Å². The van der Waals surface area contributed by atoms with Crippen LogP contribution >= 0.6 is 11.6 Å². The van der Waals surface area contributed by atoms with Crippen LogP contribution in [-0.4, -0.2) is 11.5 Å². The lowest BCUT2D eigenvalue weighted by Gasteiger charge is -2.12. The first-order chi connectivity index (χ1) is 6.29. The van der Waals surface area contributed by atoms with E-state index in [1.54, 1.807) is 0 Å². The second kappa shape index (κ2) is 3.45. The van der Waals surface area contributed by atoms with Gasteiger partial charge in [-0.15, -0.1) is 13.2 Å². The van der Waals surface area contributed by atoms with E-state index in [2.05, 4.69) is 4.74 Å². The van der Waals surface area contributed by atoms with Crippen LogP contribution in [0.3, 0.4) is 0 Å². The monoisotopic (exact) mass is 227 g/mol. The molecule has 78 valence electrons. The highest BCUT2D eigenvalue weighted by molar-refractivity contribution is 6.32. The normalized spacial score (nSPS) is 11.4. The second-order valence-corrected chi connectivity index (χ2v) is 2.80. The Balaban J connectivity index is 3.09. The summed E-state index contributed by atoms with van der Waals surface area (Å²) in [6, 6.07) is 1.81. The fourth-order valence-electron chi connectivity index (χ4n) is 0.823. The Morgan fingerprint density at radius 2 is 1.93 bits per heavy atom. The zero-order chi connectivity index (χ0) is 10.9. The number of hydrogen-bond acceptors (Lipinski definition) is 3. The van der Waals surface area contributed by atoms with Crippen LogP contribution in [0.4, 0.5) is 18.9 Å². The number of phenolic OH excluding ortho intramolecular Hbond substituents is 1. The predicted molar refractivity (Wildman–Crippen MR) is 44.2 cm³/mol. The van der Waals surface area contributed by atoms with Crippen molar-refractivity contribution in [3.8, 4) is 11.5 Å². The number of nitrogens with two attached hydrogens (primary N) is 1. The van der Waals surface area contributed by atoms with E-state index in [0.29, 0.717) is 0 Å². The van der Waals surface area contributed by atoms with Gasteiger partial charge in [0.15, 0.2) is 5.75 Å². The van der Waals surface area contributed by atoms with E-state index in [0.717, 1.165) is 12.1 Å². The number of aromatic hydroxyl groups is 1. The molecule has 0 amide bonds. The minimum Gasteiger partial charge on any atom is -0.508 e. The fourth-order valence-corrected chi connectivity index (χ4v) is 1.08. The van der Waals surface area contributed by atoms with Gasteiger partial charge in [0.05, 0.1) is 10.7 Å². The molecule has 0 fully saturated rings.